The lowest BCUT2D eigenvalue weighted by atomic mass is 10.1. The van der Waals surface area contributed by atoms with E-state index in [2.05, 4.69) is 41.4 Å². The lowest BCUT2D eigenvalue weighted by Gasteiger charge is -2.38. The fraction of sp³-hybridized carbons (Fsp3) is 0.316. The highest BCUT2D eigenvalue weighted by Gasteiger charge is 2.24. The van der Waals surface area contributed by atoms with Crippen molar-refractivity contribution >= 4 is 23.3 Å². The Kier molecular flexibility index (Phi) is 5.38. The number of amides is 2. The van der Waals surface area contributed by atoms with Crippen molar-refractivity contribution in [2.24, 2.45) is 0 Å². The molecular formula is C19H22ClN3O. The molecule has 3 rings (SSSR count). The van der Waals surface area contributed by atoms with Crippen LogP contribution in [-0.4, -0.2) is 42.0 Å². The molecule has 0 aliphatic carbocycles. The molecule has 1 aliphatic heterocycles. The molecule has 24 heavy (non-hydrogen) atoms. The van der Waals surface area contributed by atoms with E-state index in [1.165, 1.54) is 5.56 Å². The number of nitrogens with zero attached hydrogens (tertiary/aromatic N) is 2. The van der Waals surface area contributed by atoms with E-state index in [-0.39, 0.29) is 6.03 Å². The molecule has 126 valence electrons. The van der Waals surface area contributed by atoms with Crippen LogP contribution in [0.5, 0.6) is 0 Å². The quantitative estimate of drug-likeness (QED) is 0.904. The number of hydrogen-bond donors (Lipinski definition) is 1. The number of carbonyl (C=O) groups is 1. The second-order valence-electron chi connectivity index (χ2n) is 6.02. The molecule has 1 fully saturated rings. The Morgan fingerprint density at radius 1 is 1.00 bits per heavy atom. The molecule has 2 amide bonds. The van der Waals surface area contributed by atoms with Gasteiger partial charge >= 0.3 is 6.03 Å². The third-order valence-corrected chi connectivity index (χ3v) is 4.88. The molecule has 1 atom stereocenters. The minimum Gasteiger partial charge on any atom is -0.322 e. The van der Waals surface area contributed by atoms with Gasteiger partial charge in [0.25, 0.3) is 0 Å². The van der Waals surface area contributed by atoms with Crippen LogP contribution in [0.25, 0.3) is 0 Å². The molecule has 1 aliphatic rings. The Morgan fingerprint density at radius 3 is 2.29 bits per heavy atom. The number of hydrogen-bond acceptors (Lipinski definition) is 2. The van der Waals surface area contributed by atoms with E-state index in [1.807, 2.05) is 29.2 Å². The van der Waals surface area contributed by atoms with Gasteiger partial charge in [0.15, 0.2) is 0 Å². The maximum absolute atomic E-state index is 12.4. The second-order valence-corrected chi connectivity index (χ2v) is 6.43. The van der Waals surface area contributed by atoms with Crippen LogP contribution in [0, 0.1) is 0 Å². The number of anilines is 1. The number of carbonyl (C=O) groups excluding carboxylic acids is 1. The lowest BCUT2D eigenvalue weighted by molar-refractivity contribution is 0.119. The highest BCUT2D eigenvalue weighted by Crippen LogP contribution is 2.23. The molecule has 0 bridgehead atoms. The van der Waals surface area contributed by atoms with E-state index in [4.69, 9.17) is 11.6 Å². The van der Waals surface area contributed by atoms with Crippen LogP contribution in [0.3, 0.4) is 0 Å². The number of para-hydroxylation sites is 1. The summed E-state index contributed by atoms with van der Waals surface area (Å²) in [5.41, 5.74) is 1.97. The Labute approximate surface area is 148 Å². The standard InChI is InChI=1S/C19H22ClN3O/c1-15(16-7-3-2-4-8-16)22-11-13-23(14-12-22)19(24)21-18-10-6-5-9-17(18)20/h2-10,15H,11-14H2,1H3,(H,21,24). The number of rotatable bonds is 3. The van der Waals surface area contributed by atoms with Gasteiger partial charge < -0.3 is 10.2 Å². The molecule has 2 aromatic carbocycles. The van der Waals surface area contributed by atoms with Crippen molar-refractivity contribution < 1.29 is 4.79 Å². The van der Waals surface area contributed by atoms with Crippen LogP contribution in [0.1, 0.15) is 18.5 Å². The Morgan fingerprint density at radius 2 is 1.62 bits per heavy atom. The van der Waals surface area contributed by atoms with Crippen LogP contribution in [0.4, 0.5) is 10.5 Å². The fourth-order valence-corrected chi connectivity index (χ4v) is 3.19. The van der Waals surface area contributed by atoms with Gasteiger partial charge in [-0.15, -0.1) is 0 Å². The van der Waals surface area contributed by atoms with Gasteiger partial charge in [0, 0.05) is 32.2 Å². The first kappa shape index (κ1) is 16.8. The number of piperazine rings is 1. The zero-order chi connectivity index (χ0) is 16.9. The molecule has 0 aromatic heterocycles. The summed E-state index contributed by atoms with van der Waals surface area (Å²) < 4.78 is 0. The summed E-state index contributed by atoms with van der Waals surface area (Å²) in [5, 5.41) is 3.45. The monoisotopic (exact) mass is 343 g/mol. The van der Waals surface area contributed by atoms with E-state index >= 15 is 0 Å². The predicted octanol–water partition coefficient (Wildman–Crippen LogP) is 4.25. The van der Waals surface area contributed by atoms with Crippen molar-refractivity contribution in [3.8, 4) is 0 Å². The summed E-state index contributed by atoms with van der Waals surface area (Å²) in [6.45, 7) is 5.38. The minimum atomic E-state index is -0.0879. The maximum Gasteiger partial charge on any atom is 0.321 e. The topological polar surface area (TPSA) is 35.6 Å². The van der Waals surface area contributed by atoms with Crippen molar-refractivity contribution in [3.05, 3.63) is 65.2 Å². The molecular weight excluding hydrogens is 322 g/mol. The average Bonchev–Trinajstić information content (AvgIpc) is 2.64. The summed E-state index contributed by atoms with van der Waals surface area (Å²) in [6, 6.07) is 18.1. The summed E-state index contributed by atoms with van der Waals surface area (Å²) >= 11 is 6.10. The van der Waals surface area contributed by atoms with Gasteiger partial charge in [0.2, 0.25) is 0 Å². The van der Waals surface area contributed by atoms with E-state index < -0.39 is 0 Å². The van der Waals surface area contributed by atoms with Gasteiger partial charge in [-0.05, 0) is 24.6 Å². The van der Waals surface area contributed by atoms with E-state index in [0.29, 0.717) is 29.8 Å². The van der Waals surface area contributed by atoms with E-state index in [1.54, 1.807) is 6.07 Å². The van der Waals surface area contributed by atoms with Crippen LogP contribution in [0.15, 0.2) is 54.6 Å². The first-order valence-electron chi connectivity index (χ1n) is 8.24. The van der Waals surface area contributed by atoms with Crippen molar-refractivity contribution in [1.82, 2.24) is 9.80 Å². The Hall–Kier alpha value is -2.04. The third kappa shape index (κ3) is 3.89. The number of benzene rings is 2. The summed E-state index contributed by atoms with van der Waals surface area (Å²) in [4.78, 5) is 16.7. The van der Waals surface area contributed by atoms with Gasteiger partial charge in [-0.1, -0.05) is 54.1 Å². The van der Waals surface area contributed by atoms with Gasteiger partial charge in [0.05, 0.1) is 10.7 Å². The summed E-state index contributed by atoms with van der Waals surface area (Å²) in [5.74, 6) is 0. The van der Waals surface area contributed by atoms with Crippen molar-refractivity contribution in [1.29, 1.82) is 0 Å². The van der Waals surface area contributed by atoms with Crippen molar-refractivity contribution in [3.63, 3.8) is 0 Å². The molecule has 1 heterocycles. The Bertz CT molecular complexity index is 684. The van der Waals surface area contributed by atoms with Crippen molar-refractivity contribution in [2.45, 2.75) is 13.0 Å². The zero-order valence-corrected chi connectivity index (χ0v) is 14.5. The van der Waals surface area contributed by atoms with E-state index in [0.717, 1.165) is 13.1 Å². The summed E-state index contributed by atoms with van der Waals surface area (Å²) in [7, 11) is 0. The average molecular weight is 344 g/mol. The SMILES string of the molecule is CC(c1ccccc1)N1CCN(C(=O)Nc2ccccc2Cl)CC1. The summed E-state index contributed by atoms with van der Waals surface area (Å²) in [6.07, 6.45) is 0. The highest BCUT2D eigenvalue weighted by molar-refractivity contribution is 6.33. The number of halogens is 1. The van der Waals surface area contributed by atoms with Crippen LogP contribution in [0.2, 0.25) is 5.02 Å². The second kappa shape index (κ2) is 7.69. The van der Waals surface area contributed by atoms with Gasteiger partial charge in [-0.2, -0.15) is 0 Å². The molecule has 2 aromatic rings. The molecule has 0 radical (unpaired) electrons. The van der Waals surface area contributed by atoms with Gasteiger partial charge in [0.1, 0.15) is 0 Å². The molecule has 5 heteroatoms. The minimum absolute atomic E-state index is 0.0879. The molecule has 0 saturated carbocycles. The van der Waals surface area contributed by atoms with Crippen LogP contribution < -0.4 is 5.32 Å². The van der Waals surface area contributed by atoms with Gasteiger partial charge in [-0.25, -0.2) is 4.79 Å². The molecule has 1 N–H and O–H groups in total. The number of nitrogens with one attached hydrogen (secondary N) is 1. The molecule has 0 spiro atoms. The molecule has 1 unspecified atom stereocenters. The largest absolute Gasteiger partial charge is 0.322 e. The predicted molar refractivity (Wildman–Crippen MR) is 98.5 cm³/mol. The smallest absolute Gasteiger partial charge is 0.321 e. The van der Waals surface area contributed by atoms with Crippen LogP contribution in [-0.2, 0) is 0 Å². The highest BCUT2D eigenvalue weighted by atomic mass is 35.5. The lowest BCUT2D eigenvalue weighted by Crippen LogP contribution is -2.50. The third-order valence-electron chi connectivity index (χ3n) is 4.55. The van der Waals surface area contributed by atoms with Gasteiger partial charge in [-0.3, -0.25) is 4.90 Å². The number of urea groups is 1. The molecule has 4 nitrogen and oxygen atoms in total. The molecule has 1 saturated heterocycles. The first-order chi connectivity index (χ1) is 11.6. The fourth-order valence-electron chi connectivity index (χ4n) is 3.01. The van der Waals surface area contributed by atoms with Crippen molar-refractivity contribution in [2.75, 3.05) is 31.5 Å². The zero-order valence-electron chi connectivity index (χ0n) is 13.8. The van der Waals surface area contributed by atoms with Crippen LogP contribution >= 0.6 is 11.6 Å². The van der Waals surface area contributed by atoms with E-state index in [9.17, 15) is 4.79 Å². The first-order valence-corrected chi connectivity index (χ1v) is 8.62. The Balaban J connectivity index is 1.55. The normalized spacial score (nSPS) is 16.7. The maximum atomic E-state index is 12.4.